The van der Waals surface area contributed by atoms with Crippen LogP contribution < -0.4 is 11.1 Å². The van der Waals surface area contributed by atoms with E-state index in [0.29, 0.717) is 13.1 Å². The molecule has 1 spiro atoms. The van der Waals surface area contributed by atoms with Crippen molar-refractivity contribution in [2.75, 3.05) is 13.1 Å². The second-order valence-corrected chi connectivity index (χ2v) is 8.71. The summed E-state index contributed by atoms with van der Waals surface area (Å²) in [7, 11) is 0. The highest BCUT2D eigenvalue weighted by Crippen LogP contribution is 2.40. The molecule has 0 amide bonds. The summed E-state index contributed by atoms with van der Waals surface area (Å²) in [6.45, 7) is 3.58. The van der Waals surface area contributed by atoms with Gasteiger partial charge in [-0.05, 0) is 42.5 Å². The number of pyridine rings is 1. The highest BCUT2D eigenvalue weighted by molar-refractivity contribution is 7.09. The first kappa shape index (κ1) is 17.5. The predicted octanol–water partition coefficient (Wildman–Crippen LogP) is 1.46. The lowest BCUT2D eigenvalue weighted by Gasteiger charge is -2.23. The molecule has 1 saturated heterocycles. The minimum atomic E-state index is -0.528. The van der Waals surface area contributed by atoms with Crippen LogP contribution in [0, 0.1) is 0 Å². The van der Waals surface area contributed by atoms with E-state index in [9.17, 15) is 9.59 Å². The molecule has 28 heavy (non-hydrogen) atoms. The molecule has 1 atom stereocenters. The summed E-state index contributed by atoms with van der Waals surface area (Å²) >= 11 is 1.57. The third-order valence-electron chi connectivity index (χ3n) is 5.87. The molecule has 0 saturated carbocycles. The summed E-state index contributed by atoms with van der Waals surface area (Å²) in [6.07, 6.45) is 5.50. The second kappa shape index (κ2) is 6.79. The monoisotopic (exact) mass is 395 g/mol. The smallest absolute Gasteiger partial charge is 0.298 e. The molecule has 5 rings (SSSR count). The van der Waals surface area contributed by atoms with E-state index < -0.39 is 11.1 Å². The van der Waals surface area contributed by atoms with Gasteiger partial charge in [-0.3, -0.25) is 24.0 Å². The van der Waals surface area contributed by atoms with Crippen molar-refractivity contribution >= 4 is 11.3 Å². The lowest BCUT2D eigenvalue weighted by molar-refractivity contribution is 0.297. The summed E-state index contributed by atoms with van der Waals surface area (Å²) < 4.78 is 2.97. The number of aromatic nitrogens is 4. The lowest BCUT2D eigenvalue weighted by atomic mass is 9.85. The van der Waals surface area contributed by atoms with Gasteiger partial charge in [0.05, 0.1) is 6.54 Å². The van der Waals surface area contributed by atoms with Crippen molar-refractivity contribution in [3.63, 3.8) is 0 Å². The Hall–Kier alpha value is -2.58. The van der Waals surface area contributed by atoms with Crippen molar-refractivity contribution in [3.05, 3.63) is 79.0 Å². The van der Waals surface area contributed by atoms with E-state index in [-0.39, 0.29) is 5.41 Å². The molecule has 0 aromatic carbocycles. The molecule has 3 aromatic rings. The molecule has 1 unspecified atom stereocenters. The van der Waals surface area contributed by atoms with Crippen LogP contribution in [0.2, 0.25) is 0 Å². The van der Waals surface area contributed by atoms with Crippen molar-refractivity contribution in [1.82, 2.24) is 24.2 Å². The van der Waals surface area contributed by atoms with Crippen molar-refractivity contribution < 1.29 is 0 Å². The zero-order valence-corrected chi connectivity index (χ0v) is 16.3. The minimum absolute atomic E-state index is 0.147. The maximum atomic E-state index is 12.7. The van der Waals surface area contributed by atoms with E-state index in [0.717, 1.165) is 43.2 Å². The minimum Gasteiger partial charge on any atom is -0.298 e. The number of hydrogen-bond donors (Lipinski definition) is 0. The number of thiophene rings is 1. The van der Waals surface area contributed by atoms with Gasteiger partial charge in [-0.25, -0.2) is 4.68 Å². The van der Waals surface area contributed by atoms with E-state index in [1.807, 2.05) is 29.8 Å². The maximum Gasteiger partial charge on any atom is 0.332 e. The molecule has 0 radical (unpaired) electrons. The van der Waals surface area contributed by atoms with Gasteiger partial charge in [-0.15, -0.1) is 11.3 Å². The predicted molar refractivity (Wildman–Crippen MR) is 107 cm³/mol. The molecular formula is C20H21N5O2S. The highest BCUT2D eigenvalue weighted by Gasteiger charge is 2.47. The largest absolute Gasteiger partial charge is 0.332 e. The standard InChI is InChI=1S/C20H21N5O2S/c26-17-18(27)25(13-16-4-2-10-28-16)22-19-20(6-9-24(17)19)5-8-23(14-20)12-15-3-1-7-21-11-15/h1-4,7,10-11H,5-6,8-9,12-14H2. The Bertz CT molecular complexity index is 1110. The number of fused-ring (bicyclic) bond motifs is 2. The zero-order chi connectivity index (χ0) is 19.1. The van der Waals surface area contributed by atoms with Crippen LogP contribution in [0.25, 0.3) is 0 Å². The van der Waals surface area contributed by atoms with E-state index in [4.69, 9.17) is 5.10 Å². The van der Waals surface area contributed by atoms with Gasteiger partial charge in [0.1, 0.15) is 5.82 Å². The first-order valence-corrected chi connectivity index (χ1v) is 10.4. The normalized spacial score (nSPS) is 21.4. The van der Waals surface area contributed by atoms with E-state index in [1.165, 1.54) is 10.2 Å². The molecule has 2 aliphatic rings. The van der Waals surface area contributed by atoms with Crippen LogP contribution in [0.15, 0.2) is 51.6 Å². The molecular weight excluding hydrogens is 374 g/mol. The molecule has 0 N–H and O–H groups in total. The average Bonchev–Trinajstić information content (AvgIpc) is 3.43. The highest BCUT2D eigenvalue weighted by atomic mass is 32.1. The topological polar surface area (TPSA) is 73.0 Å². The Morgan fingerprint density at radius 3 is 2.75 bits per heavy atom. The van der Waals surface area contributed by atoms with Gasteiger partial charge in [0.2, 0.25) is 0 Å². The van der Waals surface area contributed by atoms with Crippen LogP contribution in [-0.4, -0.2) is 37.3 Å². The van der Waals surface area contributed by atoms with Gasteiger partial charge < -0.3 is 0 Å². The van der Waals surface area contributed by atoms with Gasteiger partial charge in [-0.2, -0.15) is 5.10 Å². The molecule has 8 heteroatoms. The Morgan fingerprint density at radius 2 is 1.96 bits per heavy atom. The van der Waals surface area contributed by atoms with Gasteiger partial charge in [0, 0.05) is 42.3 Å². The van der Waals surface area contributed by atoms with Crippen LogP contribution in [0.4, 0.5) is 0 Å². The average molecular weight is 395 g/mol. The molecule has 3 aromatic heterocycles. The third-order valence-corrected chi connectivity index (χ3v) is 6.73. The molecule has 1 fully saturated rings. The SMILES string of the molecule is O=c1c(=O)n2c(nn1Cc1cccs1)C1(CCN(Cc3cccnc3)C1)CC2. The molecule has 2 aliphatic heterocycles. The van der Waals surface area contributed by atoms with Crippen LogP contribution in [0.5, 0.6) is 0 Å². The second-order valence-electron chi connectivity index (χ2n) is 7.67. The Morgan fingerprint density at radius 1 is 1.07 bits per heavy atom. The number of hydrogen-bond acceptors (Lipinski definition) is 6. The van der Waals surface area contributed by atoms with Gasteiger partial charge in [0.25, 0.3) is 0 Å². The van der Waals surface area contributed by atoms with Gasteiger partial charge in [0.15, 0.2) is 0 Å². The number of rotatable bonds is 4. The molecule has 144 valence electrons. The van der Waals surface area contributed by atoms with Crippen molar-refractivity contribution in [2.24, 2.45) is 0 Å². The van der Waals surface area contributed by atoms with Crippen LogP contribution in [-0.2, 0) is 25.0 Å². The Balaban J connectivity index is 1.46. The summed E-state index contributed by atoms with van der Waals surface area (Å²) in [4.78, 5) is 32.8. The number of nitrogens with zero attached hydrogens (tertiary/aromatic N) is 5. The fourth-order valence-corrected chi connectivity index (χ4v) is 5.15. The Kier molecular flexibility index (Phi) is 4.25. The number of likely N-dealkylation sites (tertiary alicyclic amines) is 1. The fraction of sp³-hybridized carbons (Fsp3) is 0.400. The van der Waals surface area contributed by atoms with Crippen molar-refractivity contribution in [2.45, 2.75) is 37.9 Å². The van der Waals surface area contributed by atoms with Crippen molar-refractivity contribution in [1.29, 1.82) is 0 Å². The summed E-state index contributed by atoms with van der Waals surface area (Å²) in [5.74, 6) is 0.780. The molecule has 5 heterocycles. The molecule has 0 aliphatic carbocycles. The fourth-order valence-electron chi connectivity index (χ4n) is 4.46. The third kappa shape index (κ3) is 2.93. The summed E-state index contributed by atoms with van der Waals surface area (Å²) in [5, 5.41) is 6.67. The summed E-state index contributed by atoms with van der Waals surface area (Å²) in [5.41, 5.74) is 0.0702. The van der Waals surface area contributed by atoms with Crippen molar-refractivity contribution in [3.8, 4) is 0 Å². The molecule has 7 nitrogen and oxygen atoms in total. The van der Waals surface area contributed by atoms with E-state index >= 15 is 0 Å². The lowest BCUT2D eigenvalue weighted by Crippen LogP contribution is -2.45. The first-order chi connectivity index (χ1) is 13.6. The van der Waals surface area contributed by atoms with E-state index in [2.05, 4.69) is 16.0 Å². The first-order valence-electron chi connectivity index (χ1n) is 9.51. The Labute approximate surface area is 165 Å². The summed E-state index contributed by atoms with van der Waals surface area (Å²) in [6, 6.07) is 7.95. The van der Waals surface area contributed by atoms with Crippen LogP contribution in [0.1, 0.15) is 29.1 Å². The zero-order valence-electron chi connectivity index (χ0n) is 15.5. The van der Waals surface area contributed by atoms with E-state index in [1.54, 1.807) is 22.1 Å². The van der Waals surface area contributed by atoms with Gasteiger partial charge >= 0.3 is 11.1 Å². The quantitative estimate of drug-likeness (QED) is 0.626. The maximum absolute atomic E-state index is 12.7. The van der Waals surface area contributed by atoms with Crippen LogP contribution >= 0.6 is 11.3 Å². The van der Waals surface area contributed by atoms with Gasteiger partial charge in [-0.1, -0.05) is 12.1 Å². The molecule has 0 bridgehead atoms. The van der Waals surface area contributed by atoms with Crippen LogP contribution in [0.3, 0.4) is 0 Å².